The molecule has 29 heavy (non-hydrogen) atoms. The fourth-order valence-corrected chi connectivity index (χ4v) is 3.24. The summed E-state index contributed by atoms with van der Waals surface area (Å²) in [7, 11) is 0. The summed E-state index contributed by atoms with van der Waals surface area (Å²) >= 11 is 0. The Morgan fingerprint density at radius 3 is 2.38 bits per heavy atom. The standard InChI is InChI=1S/C21H19F2N5O/c22-17-5-4-15(13-18(17)23)26-21(29)19-14-16(6-8-24-19)27-9-11-28(12-10-27)20-3-1-2-7-25-20/h1-8,13-14H,9-12H2,(H,26,29). The van der Waals surface area contributed by atoms with Gasteiger partial charge in [-0.15, -0.1) is 0 Å². The van der Waals surface area contributed by atoms with Gasteiger partial charge in [-0.05, 0) is 36.4 Å². The van der Waals surface area contributed by atoms with Crippen LogP contribution in [0.4, 0.5) is 26.0 Å². The molecular formula is C21H19F2N5O. The van der Waals surface area contributed by atoms with Crippen molar-refractivity contribution in [2.75, 3.05) is 41.3 Å². The molecule has 3 heterocycles. The van der Waals surface area contributed by atoms with Gasteiger partial charge in [-0.25, -0.2) is 13.8 Å². The fourth-order valence-electron chi connectivity index (χ4n) is 3.24. The van der Waals surface area contributed by atoms with Crippen LogP contribution in [0.5, 0.6) is 0 Å². The number of rotatable bonds is 4. The molecule has 6 nitrogen and oxygen atoms in total. The highest BCUT2D eigenvalue weighted by molar-refractivity contribution is 6.03. The molecule has 0 saturated carbocycles. The van der Waals surface area contributed by atoms with E-state index in [0.717, 1.165) is 49.8 Å². The molecule has 1 aromatic carbocycles. The van der Waals surface area contributed by atoms with Gasteiger partial charge >= 0.3 is 0 Å². The second-order valence-electron chi connectivity index (χ2n) is 6.64. The summed E-state index contributed by atoms with van der Waals surface area (Å²) in [5.41, 5.74) is 1.26. The molecule has 1 aliphatic rings. The third-order valence-electron chi connectivity index (χ3n) is 4.77. The minimum absolute atomic E-state index is 0.171. The van der Waals surface area contributed by atoms with Crippen molar-refractivity contribution >= 4 is 23.1 Å². The summed E-state index contributed by atoms with van der Waals surface area (Å²) in [6.45, 7) is 3.20. The topological polar surface area (TPSA) is 61.4 Å². The van der Waals surface area contributed by atoms with Crippen LogP contribution in [0.25, 0.3) is 0 Å². The molecule has 0 unspecified atom stereocenters. The Morgan fingerprint density at radius 1 is 0.862 bits per heavy atom. The zero-order valence-corrected chi connectivity index (χ0v) is 15.6. The van der Waals surface area contributed by atoms with E-state index >= 15 is 0 Å². The minimum Gasteiger partial charge on any atom is -0.368 e. The number of halogens is 2. The van der Waals surface area contributed by atoms with Crippen molar-refractivity contribution in [2.45, 2.75) is 0 Å². The summed E-state index contributed by atoms with van der Waals surface area (Å²) in [4.78, 5) is 25.3. The number of nitrogens with zero attached hydrogens (tertiary/aromatic N) is 4. The van der Waals surface area contributed by atoms with E-state index in [9.17, 15) is 13.6 Å². The fraction of sp³-hybridized carbons (Fsp3) is 0.190. The third kappa shape index (κ3) is 4.31. The number of carbonyl (C=O) groups excluding carboxylic acids is 1. The summed E-state index contributed by atoms with van der Waals surface area (Å²) in [5, 5.41) is 2.54. The molecule has 1 aliphatic heterocycles. The molecule has 0 atom stereocenters. The molecule has 0 bridgehead atoms. The molecular weight excluding hydrogens is 376 g/mol. The Balaban J connectivity index is 1.42. The van der Waals surface area contributed by atoms with Crippen LogP contribution in [0.2, 0.25) is 0 Å². The maximum atomic E-state index is 13.3. The predicted octanol–water partition coefficient (Wildman–Crippen LogP) is 3.33. The number of anilines is 3. The number of piperazine rings is 1. The number of hydrogen-bond acceptors (Lipinski definition) is 5. The third-order valence-corrected chi connectivity index (χ3v) is 4.77. The lowest BCUT2D eigenvalue weighted by Gasteiger charge is -2.36. The Labute approximate surface area is 166 Å². The van der Waals surface area contributed by atoms with Gasteiger partial charge in [-0.1, -0.05) is 6.07 Å². The van der Waals surface area contributed by atoms with Crippen molar-refractivity contribution < 1.29 is 13.6 Å². The van der Waals surface area contributed by atoms with Crippen molar-refractivity contribution in [3.8, 4) is 0 Å². The molecule has 1 fully saturated rings. The molecule has 0 aliphatic carbocycles. The van der Waals surface area contributed by atoms with Gasteiger partial charge in [-0.3, -0.25) is 9.78 Å². The van der Waals surface area contributed by atoms with Gasteiger partial charge in [0, 0.05) is 56.0 Å². The second-order valence-corrected chi connectivity index (χ2v) is 6.64. The molecule has 148 valence electrons. The molecule has 8 heteroatoms. The van der Waals surface area contributed by atoms with Gasteiger partial charge in [0.1, 0.15) is 11.5 Å². The van der Waals surface area contributed by atoms with Gasteiger partial charge in [0.25, 0.3) is 5.91 Å². The van der Waals surface area contributed by atoms with E-state index < -0.39 is 17.5 Å². The summed E-state index contributed by atoms with van der Waals surface area (Å²) in [6, 6.07) is 12.6. The zero-order chi connectivity index (χ0) is 20.2. The molecule has 1 amide bonds. The van der Waals surface area contributed by atoms with Gasteiger partial charge in [-0.2, -0.15) is 0 Å². The van der Waals surface area contributed by atoms with E-state index in [-0.39, 0.29) is 11.4 Å². The van der Waals surface area contributed by atoms with E-state index in [1.165, 1.54) is 6.07 Å². The monoisotopic (exact) mass is 395 g/mol. The molecule has 0 radical (unpaired) electrons. The van der Waals surface area contributed by atoms with Crippen LogP contribution in [0.1, 0.15) is 10.5 Å². The van der Waals surface area contributed by atoms with Crippen LogP contribution in [0, 0.1) is 11.6 Å². The molecule has 1 N–H and O–H groups in total. The maximum Gasteiger partial charge on any atom is 0.274 e. The van der Waals surface area contributed by atoms with Crippen molar-refractivity contribution in [3.63, 3.8) is 0 Å². The Kier molecular flexibility index (Phi) is 5.33. The van der Waals surface area contributed by atoms with Crippen molar-refractivity contribution in [1.29, 1.82) is 0 Å². The Hall–Kier alpha value is -3.55. The number of aromatic nitrogens is 2. The first kappa shape index (κ1) is 18.8. The summed E-state index contributed by atoms with van der Waals surface area (Å²) < 4.78 is 26.4. The Bertz CT molecular complexity index is 1010. The zero-order valence-electron chi connectivity index (χ0n) is 15.6. The molecule has 1 saturated heterocycles. The highest BCUT2D eigenvalue weighted by Gasteiger charge is 2.19. The van der Waals surface area contributed by atoms with E-state index in [4.69, 9.17) is 0 Å². The first-order chi connectivity index (χ1) is 14.1. The normalized spacial score (nSPS) is 14.0. The average Bonchev–Trinajstić information content (AvgIpc) is 2.77. The number of benzene rings is 1. The second kappa shape index (κ2) is 8.22. The highest BCUT2D eigenvalue weighted by atomic mass is 19.2. The number of hydrogen-bond donors (Lipinski definition) is 1. The molecule has 2 aromatic heterocycles. The average molecular weight is 395 g/mol. The van der Waals surface area contributed by atoms with Gasteiger partial charge in [0.2, 0.25) is 0 Å². The van der Waals surface area contributed by atoms with Crippen LogP contribution in [0.3, 0.4) is 0 Å². The van der Waals surface area contributed by atoms with Gasteiger partial charge in [0.15, 0.2) is 11.6 Å². The number of amides is 1. The lowest BCUT2D eigenvalue weighted by atomic mass is 10.2. The molecule has 3 aromatic rings. The molecule has 4 rings (SSSR count). The van der Waals surface area contributed by atoms with Gasteiger partial charge < -0.3 is 15.1 Å². The van der Waals surface area contributed by atoms with Gasteiger partial charge in [0.05, 0.1) is 0 Å². The van der Waals surface area contributed by atoms with E-state index in [2.05, 4.69) is 25.1 Å². The minimum atomic E-state index is -1.02. The Morgan fingerprint density at radius 2 is 1.66 bits per heavy atom. The lowest BCUT2D eigenvalue weighted by molar-refractivity contribution is 0.102. The number of carbonyl (C=O) groups is 1. The number of pyridine rings is 2. The van der Waals surface area contributed by atoms with Crippen LogP contribution in [-0.2, 0) is 0 Å². The quantitative estimate of drug-likeness (QED) is 0.734. The summed E-state index contributed by atoms with van der Waals surface area (Å²) in [5.74, 6) is -1.51. The predicted molar refractivity (Wildman–Crippen MR) is 107 cm³/mol. The van der Waals surface area contributed by atoms with Crippen LogP contribution < -0.4 is 15.1 Å². The van der Waals surface area contributed by atoms with Crippen LogP contribution in [0.15, 0.2) is 60.9 Å². The maximum absolute atomic E-state index is 13.3. The van der Waals surface area contributed by atoms with Crippen molar-refractivity contribution in [1.82, 2.24) is 9.97 Å². The largest absolute Gasteiger partial charge is 0.368 e. The smallest absolute Gasteiger partial charge is 0.274 e. The highest BCUT2D eigenvalue weighted by Crippen LogP contribution is 2.20. The summed E-state index contributed by atoms with van der Waals surface area (Å²) in [6.07, 6.45) is 3.35. The van der Waals surface area contributed by atoms with Crippen LogP contribution >= 0.6 is 0 Å². The van der Waals surface area contributed by atoms with Crippen molar-refractivity contribution in [3.05, 3.63) is 78.3 Å². The number of nitrogens with one attached hydrogen (secondary N) is 1. The van der Waals surface area contributed by atoms with E-state index in [1.807, 2.05) is 24.3 Å². The van der Waals surface area contributed by atoms with Crippen LogP contribution in [-0.4, -0.2) is 42.1 Å². The lowest BCUT2D eigenvalue weighted by Crippen LogP contribution is -2.46. The SMILES string of the molecule is O=C(Nc1ccc(F)c(F)c1)c1cc(N2CCN(c3ccccn3)CC2)ccn1. The van der Waals surface area contributed by atoms with E-state index in [0.29, 0.717) is 0 Å². The van der Waals surface area contributed by atoms with Crippen molar-refractivity contribution in [2.24, 2.45) is 0 Å². The first-order valence-corrected chi connectivity index (χ1v) is 9.23. The first-order valence-electron chi connectivity index (χ1n) is 9.23. The molecule has 0 spiro atoms. The van der Waals surface area contributed by atoms with E-state index in [1.54, 1.807) is 18.5 Å².